The Bertz CT molecular complexity index is 717. The first kappa shape index (κ1) is 17.1. The number of halogens is 1. The molecule has 2 rings (SSSR count). The Kier molecular flexibility index (Phi) is 6.01. The van der Waals surface area contributed by atoms with Crippen molar-refractivity contribution in [1.82, 2.24) is 10.6 Å². The average molecular weight is 330 g/mol. The summed E-state index contributed by atoms with van der Waals surface area (Å²) in [5, 5.41) is 4.54. The molecule has 24 heavy (non-hydrogen) atoms. The number of esters is 1. The van der Waals surface area contributed by atoms with Crippen molar-refractivity contribution < 1.29 is 23.5 Å². The number of ether oxygens (including phenoxy) is 1. The topological polar surface area (TPSA) is 84.5 Å². The minimum Gasteiger partial charge on any atom is -0.452 e. The van der Waals surface area contributed by atoms with Gasteiger partial charge in [0.1, 0.15) is 5.82 Å². The SMILES string of the molecule is O=C(COC(=O)c1ccc(F)cc1)NC(=O)NCc1ccccc1. The lowest BCUT2D eigenvalue weighted by Crippen LogP contribution is -2.41. The molecule has 0 heterocycles. The highest BCUT2D eigenvalue weighted by Gasteiger charge is 2.12. The van der Waals surface area contributed by atoms with Crippen LogP contribution in [0.1, 0.15) is 15.9 Å². The van der Waals surface area contributed by atoms with E-state index < -0.39 is 30.3 Å². The normalized spacial score (nSPS) is 9.88. The summed E-state index contributed by atoms with van der Waals surface area (Å²) in [5.74, 6) is -2.04. The molecule has 0 aliphatic rings. The van der Waals surface area contributed by atoms with Gasteiger partial charge in [0.05, 0.1) is 5.56 Å². The molecule has 6 nitrogen and oxygen atoms in total. The molecule has 2 N–H and O–H groups in total. The quantitative estimate of drug-likeness (QED) is 0.821. The Morgan fingerprint density at radius 3 is 2.29 bits per heavy atom. The van der Waals surface area contributed by atoms with E-state index in [1.54, 1.807) is 0 Å². The molecule has 0 unspecified atom stereocenters. The molecule has 124 valence electrons. The number of rotatable bonds is 5. The lowest BCUT2D eigenvalue weighted by molar-refractivity contribution is -0.123. The summed E-state index contributed by atoms with van der Waals surface area (Å²) in [5.41, 5.74) is 0.987. The van der Waals surface area contributed by atoms with E-state index in [0.717, 1.165) is 17.7 Å². The maximum Gasteiger partial charge on any atom is 0.338 e. The van der Waals surface area contributed by atoms with E-state index in [2.05, 4.69) is 5.32 Å². The van der Waals surface area contributed by atoms with Crippen molar-refractivity contribution in [2.45, 2.75) is 6.54 Å². The van der Waals surface area contributed by atoms with Crippen LogP contribution in [0.2, 0.25) is 0 Å². The van der Waals surface area contributed by atoms with Crippen molar-refractivity contribution in [1.29, 1.82) is 0 Å². The Morgan fingerprint density at radius 2 is 1.62 bits per heavy atom. The zero-order chi connectivity index (χ0) is 17.4. The molecule has 0 saturated heterocycles. The van der Waals surface area contributed by atoms with Gasteiger partial charge in [0, 0.05) is 6.54 Å². The first-order valence-corrected chi connectivity index (χ1v) is 7.09. The third kappa shape index (κ3) is 5.53. The molecule has 0 fully saturated rings. The number of urea groups is 1. The third-order valence-corrected chi connectivity index (χ3v) is 2.96. The Morgan fingerprint density at radius 1 is 0.958 bits per heavy atom. The molecule has 0 radical (unpaired) electrons. The Balaban J connectivity index is 1.71. The minimum atomic E-state index is -0.783. The van der Waals surface area contributed by atoms with Gasteiger partial charge >= 0.3 is 12.0 Å². The second-order valence-corrected chi connectivity index (χ2v) is 4.80. The fourth-order valence-corrected chi connectivity index (χ4v) is 1.79. The molecule has 7 heteroatoms. The van der Waals surface area contributed by atoms with Crippen LogP contribution >= 0.6 is 0 Å². The molecule has 2 aromatic rings. The predicted octanol–water partition coefficient (Wildman–Crippen LogP) is 2.01. The van der Waals surface area contributed by atoms with E-state index in [1.807, 2.05) is 35.6 Å². The van der Waals surface area contributed by atoms with Crippen LogP contribution in [0.3, 0.4) is 0 Å². The highest BCUT2D eigenvalue weighted by Crippen LogP contribution is 2.04. The smallest absolute Gasteiger partial charge is 0.338 e. The van der Waals surface area contributed by atoms with Gasteiger partial charge in [-0.3, -0.25) is 10.1 Å². The lowest BCUT2D eigenvalue weighted by atomic mass is 10.2. The van der Waals surface area contributed by atoms with Crippen molar-refractivity contribution >= 4 is 17.9 Å². The molecule has 0 aliphatic heterocycles. The molecule has 3 amide bonds. The third-order valence-electron chi connectivity index (χ3n) is 2.96. The summed E-state index contributed by atoms with van der Waals surface area (Å²) in [6.07, 6.45) is 0. The van der Waals surface area contributed by atoms with Crippen LogP contribution in [-0.2, 0) is 16.1 Å². The maximum absolute atomic E-state index is 12.7. The second-order valence-electron chi connectivity index (χ2n) is 4.80. The van der Waals surface area contributed by atoms with Crippen molar-refractivity contribution in [2.75, 3.05) is 6.61 Å². The highest BCUT2D eigenvalue weighted by molar-refractivity contribution is 5.96. The van der Waals surface area contributed by atoms with Crippen molar-refractivity contribution in [3.63, 3.8) is 0 Å². The van der Waals surface area contributed by atoms with Crippen LogP contribution in [0.25, 0.3) is 0 Å². The number of imide groups is 1. The van der Waals surface area contributed by atoms with E-state index in [4.69, 9.17) is 4.74 Å². The summed E-state index contributed by atoms with van der Waals surface area (Å²) in [6, 6.07) is 13.2. The zero-order valence-corrected chi connectivity index (χ0v) is 12.6. The van der Waals surface area contributed by atoms with Crippen LogP contribution < -0.4 is 10.6 Å². The summed E-state index contributed by atoms with van der Waals surface area (Å²) in [6.45, 7) is -0.357. The molecule has 0 atom stereocenters. The van der Waals surface area contributed by atoms with E-state index >= 15 is 0 Å². The van der Waals surface area contributed by atoms with Crippen LogP contribution in [0.4, 0.5) is 9.18 Å². The Hall–Kier alpha value is -3.22. The number of amides is 3. The molecular weight excluding hydrogens is 315 g/mol. The van der Waals surface area contributed by atoms with Gasteiger partial charge < -0.3 is 10.1 Å². The average Bonchev–Trinajstić information content (AvgIpc) is 2.59. The van der Waals surface area contributed by atoms with E-state index in [0.29, 0.717) is 0 Å². The molecule has 0 bridgehead atoms. The van der Waals surface area contributed by atoms with Crippen molar-refractivity contribution in [3.05, 3.63) is 71.5 Å². The molecule has 0 aliphatic carbocycles. The molecule has 0 spiro atoms. The van der Waals surface area contributed by atoms with E-state index in [9.17, 15) is 18.8 Å². The summed E-state index contributed by atoms with van der Waals surface area (Å²) in [7, 11) is 0. The van der Waals surface area contributed by atoms with Gasteiger partial charge in [-0.2, -0.15) is 0 Å². The van der Waals surface area contributed by atoms with Gasteiger partial charge in [-0.1, -0.05) is 30.3 Å². The number of carbonyl (C=O) groups is 3. The summed E-state index contributed by atoms with van der Waals surface area (Å²) >= 11 is 0. The maximum atomic E-state index is 12.7. The second kappa shape index (κ2) is 8.42. The highest BCUT2D eigenvalue weighted by atomic mass is 19.1. The number of benzene rings is 2. The van der Waals surface area contributed by atoms with Gasteiger partial charge in [-0.05, 0) is 29.8 Å². The van der Waals surface area contributed by atoms with Crippen LogP contribution in [0, 0.1) is 5.82 Å². The van der Waals surface area contributed by atoms with Crippen LogP contribution in [0.15, 0.2) is 54.6 Å². The molecule has 0 aromatic heterocycles. The van der Waals surface area contributed by atoms with E-state index in [1.165, 1.54) is 12.1 Å². The first-order valence-electron chi connectivity index (χ1n) is 7.09. The lowest BCUT2D eigenvalue weighted by Gasteiger charge is -2.07. The van der Waals surface area contributed by atoms with Crippen molar-refractivity contribution in [3.8, 4) is 0 Å². The standard InChI is InChI=1S/C17H15FN2O4/c18-14-8-6-13(7-9-14)16(22)24-11-15(21)20-17(23)19-10-12-4-2-1-3-5-12/h1-9H,10-11H2,(H2,19,20,21,23). The molecule has 0 saturated carbocycles. The number of nitrogens with one attached hydrogen (secondary N) is 2. The number of carbonyl (C=O) groups excluding carboxylic acids is 3. The first-order chi connectivity index (χ1) is 11.5. The van der Waals surface area contributed by atoms with Gasteiger partial charge in [-0.25, -0.2) is 14.0 Å². The summed E-state index contributed by atoms with van der Waals surface area (Å²) < 4.78 is 17.5. The fraction of sp³-hybridized carbons (Fsp3) is 0.118. The number of hydrogen-bond donors (Lipinski definition) is 2. The number of hydrogen-bond acceptors (Lipinski definition) is 4. The minimum absolute atomic E-state index is 0.109. The summed E-state index contributed by atoms with van der Waals surface area (Å²) in [4.78, 5) is 34.7. The van der Waals surface area contributed by atoms with Crippen molar-refractivity contribution in [2.24, 2.45) is 0 Å². The largest absolute Gasteiger partial charge is 0.452 e. The van der Waals surface area contributed by atoms with Crippen LogP contribution in [-0.4, -0.2) is 24.5 Å². The monoisotopic (exact) mass is 330 g/mol. The van der Waals surface area contributed by atoms with Gasteiger partial charge in [0.25, 0.3) is 5.91 Å². The predicted molar refractivity (Wildman–Crippen MR) is 83.5 cm³/mol. The Labute approximate surface area is 137 Å². The van der Waals surface area contributed by atoms with Gasteiger partial charge in [0.15, 0.2) is 6.61 Å². The zero-order valence-electron chi connectivity index (χ0n) is 12.6. The van der Waals surface area contributed by atoms with E-state index in [-0.39, 0.29) is 12.1 Å². The fourth-order valence-electron chi connectivity index (χ4n) is 1.79. The molecule has 2 aromatic carbocycles. The van der Waals surface area contributed by atoms with Gasteiger partial charge in [-0.15, -0.1) is 0 Å². The van der Waals surface area contributed by atoms with Gasteiger partial charge in [0.2, 0.25) is 0 Å². The van der Waals surface area contributed by atoms with Crippen LogP contribution in [0.5, 0.6) is 0 Å². The molecular formula is C17H15FN2O4.